The Morgan fingerprint density at radius 2 is 2.04 bits per heavy atom. The Bertz CT molecular complexity index is 450. The first-order chi connectivity index (χ1) is 11.8. The molecule has 0 bridgehead atoms. The summed E-state index contributed by atoms with van der Waals surface area (Å²) in [5.41, 5.74) is 1.19. The van der Waals surface area contributed by atoms with Crippen molar-refractivity contribution in [3.8, 4) is 11.5 Å². The lowest BCUT2D eigenvalue weighted by molar-refractivity contribution is 0.141. The van der Waals surface area contributed by atoms with E-state index in [0.717, 1.165) is 38.4 Å². The van der Waals surface area contributed by atoms with Crippen LogP contribution in [0.25, 0.3) is 0 Å². The fourth-order valence-corrected chi connectivity index (χ4v) is 3.37. The van der Waals surface area contributed by atoms with Gasteiger partial charge in [-0.25, -0.2) is 0 Å². The zero-order valence-electron chi connectivity index (χ0n) is 15.3. The van der Waals surface area contributed by atoms with Gasteiger partial charge in [0.25, 0.3) is 0 Å². The average Bonchev–Trinajstić information content (AvgIpc) is 2.86. The molecule has 136 valence electrons. The highest BCUT2D eigenvalue weighted by Crippen LogP contribution is 2.28. The number of phenolic OH excluding ortho intramolecular Hbond substituents is 1. The summed E-state index contributed by atoms with van der Waals surface area (Å²) in [7, 11) is 0. The third kappa shape index (κ3) is 7.12. The van der Waals surface area contributed by atoms with E-state index in [4.69, 9.17) is 9.47 Å². The largest absolute Gasteiger partial charge is 0.504 e. The molecule has 1 fully saturated rings. The van der Waals surface area contributed by atoms with Gasteiger partial charge in [0.05, 0.1) is 6.61 Å². The van der Waals surface area contributed by atoms with Crippen LogP contribution in [-0.4, -0.2) is 24.9 Å². The molecule has 0 amide bonds. The van der Waals surface area contributed by atoms with E-state index in [1.54, 1.807) is 0 Å². The lowest BCUT2D eigenvalue weighted by Crippen LogP contribution is -2.02. The van der Waals surface area contributed by atoms with Crippen molar-refractivity contribution in [3.63, 3.8) is 0 Å². The minimum absolute atomic E-state index is 0.280. The Labute approximate surface area is 147 Å². The Balaban J connectivity index is 1.58. The molecule has 2 rings (SSSR count). The number of aryl methyl sites for hydroxylation is 1. The molecule has 0 saturated carbocycles. The molecule has 3 heteroatoms. The van der Waals surface area contributed by atoms with E-state index in [1.165, 1.54) is 50.5 Å². The van der Waals surface area contributed by atoms with Crippen molar-refractivity contribution in [2.75, 3.05) is 19.8 Å². The SMILES string of the molecule is CCCCc1ccc(OCCCCCC2CCCOCC2)c(O)c1. The van der Waals surface area contributed by atoms with E-state index in [1.807, 2.05) is 12.1 Å². The summed E-state index contributed by atoms with van der Waals surface area (Å²) < 4.78 is 11.3. The first-order valence-electron chi connectivity index (χ1n) is 9.82. The molecular formula is C21H34O3. The number of hydrogen-bond donors (Lipinski definition) is 1. The van der Waals surface area contributed by atoms with E-state index >= 15 is 0 Å². The van der Waals surface area contributed by atoms with Gasteiger partial charge >= 0.3 is 0 Å². The highest BCUT2D eigenvalue weighted by atomic mass is 16.5. The summed E-state index contributed by atoms with van der Waals surface area (Å²) in [6.45, 7) is 4.77. The maximum atomic E-state index is 10.1. The molecule has 1 aliphatic heterocycles. The third-order valence-electron chi connectivity index (χ3n) is 4.93. The minimum Gasteiger partial charge on any atom is -0.504 e. The number of ether oxygens (including phenoxy) is 2. The van der Waals surface area contributed by atoms with Crippen LogP contribution in [0.15, 0.2) is 18.2 Å². The molecule has 24 heavy (non-hydrogen) atoms. The van der Waals surface area contributed by atoms with Crippen molar-refractivity contribution in [1.29, 1.82) is 0 Å². The zero-order valence-corrected chi connectivity index (χ0v) is 15.3. The molecule has 1 atom stereocenters. The molecule has 0 aromatic heterocycles. The molecule has 1 aliphatic rings. The summed E-state index contributed by atoms with van der Waals surface area (Å²) in [5, 5.41) is 10.1. The van der Waals surface area contributed by atoms with Crippen LogP contribution >= 0.6 is 0 Å². The molecule has 0 spiro atoms. The molecule has 1 heterocycles. The van der Waals surface area contributed by atoms with Gasteiger partial charge in [-0.15, -0.1) is 0 Å². The van der Waals surface area contributed by atoms with Crippen molar-refractivity contribution >= 4 is 0 Å². The van der Waals surface area contributed by atoms with Crippen LogP contribution in [0.2, 0.25) is 0 Å². The van der Waals surface area contributed by atoms with E-state index < -0.39 is 0 Å². The summed E-state index contributed by atoms with van der Waals surface area (Å²) in [6.07, 6.45) is 12.0. The Hall–Kier alpha value is -1.22. The Morgan fingerprint density at radius 3 is 2.88 bits per heavy atom. The first-order valence-corrected chi connectivity index (χ1v) is 9.82. The highest BCUT2D eigenvalue weighted by molar-refractivity contribution is 5.41. The van der Waals surface area contributed by atoms with E-state index in [-0.39, 0.29) is 5.75 Å². The van der Waals surface area contributed by atoms with Crippen LogP contribution in [0.4, 0.5) is 0 Å². The second-order valence-electron chi connectivity index (χ2n) is 7.01. The third-order valence-corrected chi connectivity index (χ3v) is 4.93. The molecule has 1 aromatic carbocycles. The van der Waals surface area contributed by atoms with Gasteiger partial charge in [0.15, 0.2) is 11.5 Å². The Kier molecular flexibility index (Phi) is 9.04. The summed E-state index contributed by atoms with van der Waals surface area (Å²) in [4.78, 5) is 0. The molecule has 0 aliphatic carbocycles. The fraction of sp³-hybridized carbons (Fsp3) is 0.714. The van der Waals surface area contributed by atoms with Gasteiger partial charge in [-0.2, -0.15) is 0 Å². The predicted molar refractivity (Wildman–Crippen MR) is 98.8 cm³/mol. The van der Waals surface area contributed by atoms with Crippen LogP contribution in [0.5, 0.6) is 11.5 Å². The van der Waals surface area contributed by atoms with Crippen molar-refractivity contribution in [3.05, 3.63) is 23.8 Å². The van der Waals surface area contributed by atoms with E-state index in [0.29, 0.717) is 12.4 Å². The van der Waals surface area contributed by atoms with Gasteiger partial charge in [0, 0.05) is 13.2 Å². The van der Waals surface area contributed by atoms with Gasteiger partial charge in [-0.3, -0.25) is 0 Å². The molecule has 1 N–H and O–H groups in total. The number of aromatic hydroxyl groups is 1. The molecule has 0 radical (unpaired) electrons. The van der Waals surface area contributed by atoms with Crippen molar-refractivity contribution in [2.24, 2.45) is 5.92 Å². The van der Waals surface area contributed by atoms with Crippen LogP contribution in [0.1, 0.15) is 70.3 Å². The second-order valence-corrected chi connectivity index (χ2v) is 7.01. The van der Waals surface area contributed by atoms with Crippen molar-refractivity contribution < 1.29 is 14.6 Å². The second kappa shape index (κ2) is 11.4. The number of benzene rings is 1. The topological polar surface area (TPSA) is 38.7 Å². The quantitative estimate of drug-likeness (QED) is 0.575. The number of phenols is 1. The molecular weight excluding hydrogens is 300 g/mol. The molecule has 1 aromatic rings. The van der Waals surface area contributed by atoms with Crippen molar-refractivity contribution in [1.82, 2.24) is 0 Å². The van der Waals surface area contributed by atoms with Crippen LogP contribution in [0, 0.1) is 5.92 Å². The highest BCUT2D eigenvalue weighted by Gasteiger charge is 2.11. The van der Waals surface area contributed by atoms with Crippen LogP contribution in [-0.2, 0) is 11.2 Å². The summed E-state index contributed by atoms with van der Waals surface area (Å²) in [6, 6.07) is 5.82. The molecule has 1 unspecified atom stereocenters. The average molecular weight is 334 g/mol. The normalized spacial score (nSPS) is 18.3. The minimum atomic E-state index is 0.280. The molecule has 3 nitrogen and oxygen atoms in total. The summed E-state index contributed by atoms with van der Waals surface area (Å²) >= 11 is 0. The number of unbranched alkanes of at least 4 members (excludes halogenated alkanes) is 3. The zero-order chi connectivity index (χ0) is 17.0. The summed E-state index contributed by atoms with van der Waals surface area (Å²) in [5.74, 6) is 1.76. The van der Waals surface area contributed by atoms with Crippen molar-refractivity contribution in [2.45, 2.75) is 71.1 Å². The van der Waals surface area contributed by atoms with Gasteiger partial charge in [0.1, 0.15) is 0 Å². The number of rotatable bonds is 10. The molecule has 1 saturated heterocycles. The smallest absolute Gasteiger partial charge is 0.160 e. The standard InChI is InChI=1S/C21H34O3/c1-2-3-8-19-11-12-21(20(22)17-19)24-15-6-4-5-9-18-10-7-14-23-16-13-18/h11-12,17-18,22H,2-10,13-16H2,1H3. The fourth-order valence-electron chi connectivity index (χ4n) is 3.37. The maximum Gasteiger partial charge on any atom is 0.160 e. The predicted octanol–water partition coefficient (Wildman–Crippen LogP) is 5.49. The van der Waals surface area contributed by atoms with Gasteiger partial charge in [-0.05, 0) is 62.1 Å². The monoisotopic (exact) mass is 334 g/mol. The first kappa shape index (κ1) is 19.1. The van der Waals surface area contributed by atoms with Gasteiger partial charge in [-0.1, -0.05) is 38.7 Å². The lowest BCUT2D eigenvalue weighted by atomic mass is 9.94. The number of hydrogen-bond acceptors (Lipinski definition) is 3. The van der Waals surface area contributed by atoms with Crippen LogP contribution in [0.3, 0.4) is 0 Å². The van der Waals surface area contributed by atoms with Gasteiger partial charge < -0.3 is 14.6 Å². The van der Waals surface area contributed by atoms with E-state index in [9.17, 15) is 5.11 Å². The lowest BCUT2D eigenvalue weighted by Gasteiger charge is -2.13. The van der Waals surface area contributed by atoms with Crippen LogP contribution < -0.4 is 4.74 Å². The van der Waals surface area contributed by atoms with Gasteiger partial charge in [0.2, 0.25) is 0 Å². The maximum absolute atomic E-state index is 10.1. The van der Waals surface area contributed by atoms with E-state index in [2.05, 4.69) is 13.0 Å². The Morgan fingerprint density at radius 1 is 1.12 bits per heavy atom.